The second kappa shape index (κ2) is 9.52. The normalized spacial score (nSPS) is 15.0. The SMILES string of the molecule is CCCCOC(=O)NC1CCN(C(=O)Nc2ccc(Br)cc2)CC1. The Balaban J connectivity index is 1.70. The number of ether oxygens (including phenoxy) is 1. The fourth-order valence-corrected chi connectivity index (χ4v) is 2.74. The molecule has 2 rings (SSSR count). The molecule has 6 nitrogen and oxygen atoms in total. The maximum atomic E-state index is 12.2. The number of unbranched alkanes of at least 4 members (excludes halogenated alkanes) is 1. The van der Waals surface area contributed by atoms with E-state index in [0.717, 1.165) is 35.8 Å². The number of anilines is 1. The van der Waals surface area contributed by atoms with Crippen LogP contribution in [0.1, 0.15) is 32.6 Å². The van der Waals surface area contributed by atoms with E-state index in [1.807, 2.05) is 24.3 Å². The molecule has 132 valence electrons. The maximum Gasteiger partial charge on any atom is 0.407 e. The highest BCUT2D eigenvalue weighted by Crippen LogP contribution is 2.16. The Morgan fingerprint density at radius 2 is 1.92 bits per heavy atom. The van der Waals surface area contributed by atoms with Crippen LogP contribution >= 0.6 is 15.9 Å². The van der Waals surface area contributed by atoms with Crippen molar-refractivity contribution in [1.82, 2.24) is 10.2 Å². The van der Waals surface area contributed by atoms with Gasteiger partial charge in [0.15, 0.2) is 0 Å². The fourth-order valence-electron chi connectivity index (χ4n) is 2.48. The van der Waals surface area contributed by atoms with Crippen LogP contribution in [0, 0.1) is 0 Å². The number of halogens is 1. The smallest absolute Gasteiger partial charge is 0.407 e. The summed E-state index contributed by atoms with van der Waals surface area (Å²) in [6.45, 7) is 3.73. The molecule has 1 saturated heterocycles. The van der Waals surface area contributed by atoms with E-state index in [2.05, 4.69) is 33.5 Å². The number of carbonyl (C=O) groups is 2. The number of piperidine rings is 1. The minimum atomic E-state index is -0.360. The van der Waals surface area contributed by atoms with Gasteiger partial charge in [-0.3, -0.25) is 0 Å². The van der Waals surface area contributed by atoms with Gasteiger partial charge in [-0.05, 0) is 43.5 Å². The fraction of sp³-hybridized carbons (Fsp3) is 0.529. The number of rotatable bonds is 5. The van der Waals surface area contributed by atoms with Crippen molar-refractivity contribution < 1.29 is 14.3 Å². The summed E-state index contributed by atoms with van der Waals surface area (Å²) in [6.07, 6.45) is 2.98. The number of benzene rings is 1. The molecule has 3 amide bonds. The zero-order valence-electron chi connectivity index (χ0n) is 13.9. The van der Waals surface area contributed by atoms with Crippen LogP contribution in [-0.2, 0) is 4.74 Å². The minimum Gasteiger partial charge on any atom is -0.450 e. The average molecular weight is 398 g/mol. The van der Waals surface area contributed by atoms with Gasteiger partial charge in [-0.1, -0.05) is 29.3 Å². The molecule has 0 aromatic heterocycles. The number of alkyl carbamates (subject to hydrolysis) is 1. The van der Waals surface area contributed by atoms with Crippen molar-refractivity contribution in [3.8, 4) is 0 Å². The molecular formula is C17H24BrN3O3. The van der Waals surface area contributed by atoms with Crippen LogP contribution in [0.4, 0.5) is 15.3 Å². The van der Waals surface area contributed by atoms with Crippen molar-refractivity contribution in [2.45, 2.75) is 38.6 Å². The summed E-state index contributed by atoms with van der Waals surface area (Å²) in [4.78, 5) is 25.7. The first-order valence-electron chi connectivity index (χ1n) is 8.33. The van der Waals surface area contributed by atoms with Gasteiger partial charge in [-0.25, -0.2) is 9.59 Å². The highest BCUT2D eigenvalue weighted by Gasteiger charge is 2.24. The van der Waals surface area contributed by atoms with Crippen molar-refractivity contribution in [1.29, 1.82) is 0 Å². The minimum absolute atomic E-state index is 0.0656. The molecule has 0 unspecified atom stereocenters. The third-order valence-electron chi connectivity index (χ3n) is 3.93. The van der Waals surface area contributed by atoms with Crippen molar-refractivity contribution in [3.05, 3.63) is 28.7 Å². The van der Waals surface area contributed by atoms with Crippen LogP contribution in [0.15, 0.2) is 28.7 Å². The van der Waals surface area contributed by atoms with E-state index in [1.165, 1.54) is 0 Å². The lowest BCUT2D eigenvalue weighted by Crippen LogP contribution is -2.47. The molecule has 1 heterocycles. The van der Waals surface area contributed by atoms with E-state index in [1.54, 1.807) is 4.90 Å². The van der Waals surface area contributed by atoms with Crippen LogP contribution in [0.3, 0.4) is 0 Å². The Kier molecular flexibility index (Phi) is 7.36. The lowest BCUT2D eigenvalue weighted by Gasteiger charge is -2.32. The number of hydrogen-bond donors (Lipinski definition) is 2. The molecule has 0 radical (unpaired) electrons. The van der Waals surface area contributed by atoms with E-state index in [-0.39, 0.29) is 18.2 Å². The summed E-state index contributed by atoms with van der Waals surface area (Å²) < 4.78 is 6.07. The molecule has 1 aromatic carbocycles. The topological polar surface area (TPSA) is 70.7 Å². The van der Waals surface area contributed by atoms with E-state index in [4.69, 9.17) is 4.74 Å². The van der Waals surface area contributed by atoms with E-state index in [0.29, 0.717) is 19.7 Å². The van der Waals surface area contributed by atoms with Crippen LogP contribution in [0.2, 0.25) is 0 Å². The summed E-state index contributed by atoms with van der Waals surface area (Å²) in [6, 6.07) is 7.42. The molecule has 0 atom stereocenters. The van der Waals surface area contributed by atoms with Gasteiger partial charge >= 0.3 is 12.1 Å². The molecule has 24 heavy (non-hydrogen) atoms. The Hall–Kier alpha value is -1.76. The molecule has 0 spiro atoms. The molecule has 1 aromatic rings. The van der Waals surface area contributed by atoms with Crippen molar-refractivity contribution in [2.75, 3.05) is 25.0 Å². The van der Waals surface area contributed by atoms with E-state index >= 15 is 0 Å². The third-order valence-corrected chi connectivity index (χ3v) is 4.46. The monoisotopic (exact) mass is 397 g/mol. The molecule has 0 saturated carbocycles. The van der Waals surface area contributed by atoms with Crippen molar-refractivity contribution >= 4 is 33.7 Å². The van der Waals surface area contributed by atoms with Gasteiger partial charge in [0.1, 0.15) is 0 Å². The highest BCUT2D eigenvalue weighted by molar-refractivity contribution is 9.10. The van der Waals surface area contributed by atoms with Gasteiger partial charge in [0.2, 0.25) is 0 Å². The second-order valence-corrected chi connectivity index (χ2v) is 6.75. The zero-order chi connectivity index (χ0) is 17.4. The Labute approximate surface area is 151 Å². The Morgan fingerprint density at radius 3 is 2.54 bits per heavy atom. The average Bonchev–Trinajstić information content (AvgIpc) is 2.58. The first kappa shape index (κ1) is 18.6. The molecule has 2 N–H and O–H groups in total. The summed E-state index contributed by atoms with van der Waals surface area (Å²) in [5.74, 6) is 0. The molecular weight excluding hydrogens is 374 g/mol. The number of amides is 3. The molecule has 1 fully saturated rings. The summed E-state index contributed by atoms with van der Waals surface area (Å²) in [5.41, 5.74) is 0.767. The summed E-state index contributed by atoms with van der Waals surface area (Å²) in [5, 5.41) is 5.75. The summed E-state index contributed by atoms with van der Waals surface area (Å²) in [7, 11) is 0. The summed E-state index contributed by atoms with van der Waals surface area (Å²) >= 11 is 3.37. The lowest BCUT2D eigenvalue weighted by atomic mass is 10.1. The number of nitrogens with zero attached hydrogens (tertiary/aromatic N) is 1. The molecule has 0 bridgehead atoms. The third kappa shape index (κ3) is 6.03. The highest BCUT2D eigenvalue weighted by atomic mass is 79.9. The molecule has 1 aliphatic rings. The van der Waals surface area contributed by atoms with Gasteiger partial charge < -0.3 is 20.3 Å². The first-order valence-corrected chi connectivity index (χ1v) is 9.12. The number of likely N-dealkylation sites (tertiary alicyclic amines) is 1. The predicted octanol–water partition coefficient (Wildman–Crippen LogP) is 3.97. The molecule has 1 aliphatic heterocycles. The number of carbonyl (C=O) groups excluding carboxylic acids is 2. The zero-order valence-corrected chi connectivity index (χ0v) is 15.5. The Bertz CT molecular complexity index is 543. The van der Waals surface area contributed by atoms with Crippen molar-refractivity contribution in [3.63, 3.8) is 0 Å². The number of hydrogen-bond acceptors (Lipinski definition) is 3. The first-order chi connectivity index (χ1) is 11.6. The maximum absolute atomic E-state index is 12.2. The quantitative estimate of drug-likeness (QED) is 0.738. The second-order valence-electron chi connectivity index (χ2n) is 5.83. The van der Waals surface area contributed by atoms with Gasteiger partial charge in [-0.2, -0.15) is 0 Å². The van der Waals surface area contributed by atoms with E-state index < -0.39 is 0 Å². The number of nitrogens with one attached hydrogen (secondary N) is 2. The van der Waals surface area contributed by atoms with Crippen LogP contribution in [0.25, 0.3) is 0 Å². The van der Waals surface area contributed by atoms with Crippen LogP contribution in [0.5, 0.6) is 0 Å². The van der Waals surface area contributed by atoms with Gasteiger partial charge in [-0.15, -0.1) is 0 Å². The van der Waals surface area contributed by atoms with Crippen molar-refractivity contribution in [2.24, 2.45) is 0 Å². The molecule has 0 aliphatic carbocycles. The number of urea groups is 1. The van der Waals surface area contributed by atoms with E-state index in [9.17, 15) is 9.59 Å². The lowest BCUT2D eigenvalue weighted by molar-refractivity contribution is 0.134. The van der Waals surface area contributed by atoms with Crippen LogP contribution < -0.4 is 10.6 Å². The van der Waals surface area contributed by atoms with Gasteiger partial charge in [0, 0.05) is 29.3 Å². The standard InChI is InChI=1S/C17H24BrN3O3/c1-2-3-12-24-17(23)20-15-8-10-21(11-9-15)16(22)19-14-6-4-13(18)5-7-14/h4-7,15H,2-3,8-12H2,1H3,(H,19,22)(H,20,23). The van der Waals surface area contributed by atoms with Crippen LogP contribution in [-0.4, -0.2) is 42.8 Å². The Morgan fingerprint density at radius 1 is 1.25 bits per heavy atom. The van der Waals surface area contributed by atoms with Gasteiger partial charge in [0.05, 0.1) is 6.61 Å². The largest absolute Gasteiger partial charge is 0.450 e. The van der Waals surface area contributed by atoms with Gasteiger partial charge in [0.25, 0.3) is 0 Å². The predicted molar refractivity (Wildman–Crippen MR) is 97.1 cm³/mol. The molecule has 7 heteroatoms.